The van der Waals surface area contributed by atoms with Gasteiger partial charge in [0.05, 0.1) is 30.3 Å². The third kappa shape index (κ3) is 8.38. The molecule has 5 fully saturated rings. The molecule has 2 aromatic carbocycles. The summed E-state index contributed by atoms with van der Waals surface area (Å²) in [5.74, 6) is -0.169. The van der Waals surface area contributed by atoms with Crippen molar-refractivity contribution in [2.24, 2.45) is 17.8 Å². The van der Waals surface area contributed by atoms with Gasteiger partial charge in [-0.25, -0.2) is 17.2 Å². The Hall–Kier alpha value is -3.13. The van der Waals surface area contributed by atoms with Crippen LogP contribution in [0.25, 0.3) is 0 Å². The summed E-state index contributed by atoms with van der Waals surface area (Å²) in [7, 11) is -2.17. The number of esters is 1. The van der Waals surface area contributed by atoms with Gasteiger partial charge in [0.15, 0.2) is 15.5 Å². The van der Waals surface area contributed by atoms with Crippen molar-refractivity contribution in [3.8, 4) is 0 Å². The Morgan fingerprint density at radius 1 is 0.893 bits per heavy atom. The summed E-state index contributed by atoms with van der Waals surface area (Å²) in [6.45, 7) is 8.60. The molecule has 1 N–H and O–H groups in total. The number of likely N-dealkylation sites (tertiary alicyclic amines) is 3. The topological polar surface area (TPSA) is 111 Å². The van der Waals surface area contributed by atoms with E-state index in [0.29, 0.717) is 25.8 Å². The van der Waals surface area contributed by atoms with Crippen molar-refractivity contribution < 1.29 is 36.6 Å². The highest BCUT2D eigenvalue weighted by molar-refractivity contribution is 7.92. The van der Waals surface area contributed by atoms with Gasteiger partial charge >= 0.3 is 5.97 Å². The fraction of sp³-hybridized carbons (Fsp3) is 0.674. The quantitative estimate of drug-likeness (QED) is 0.273. The van der Waals surface area contributed by atoms with Crippen molar-refractivity contribution in [3.05, 3.63) is 59.9 Å². The number of halogens is 2. The van der Waals surface area contributed by atoms with Gasteiger partial charge < -0.3 is 24.5 Å². The normalized spacial score (nSPS) is 25.3. The number of sulfone groups is 1. The average Bonchev–Trinajstić information content (AvgIpc) is 3.61. The number of nitrogens with zero attached hydrogens (tertiary/aromatic N) is 4. The molecule has 308 valence electrons. The molecule has 0 aromatic heterocycles. The Balaban J connectivity index is 0.978. The molecule has 56 heavy (non-hydrogen) atoms. The number of aliphatic hydroxyl groups is 1. The van der Waals surface area contributed by atoms with Crippen LogP contribution < -0.4 is 4.90 Å². The Bertz CT molecular complexity index is 1810. The summed E-state index contributed by atoms with van der Waals surface area (Å²) in [6.07, 6.45) is 6.88. The highest BCUT2D eigenvalue weighted by Crippen LogP contribution is 2.54. The van der Waals surface area contributed by atoms with Gasteiger partial charge in [-0.15, -0.1) is 0 Å². The van der Waals surface area contributed by atoms with Gasteiger partial charge in [-0.2, -0.15) is 0 Å². The second-order valence-corrected chi connectivity index (χ2v) is 20.1. The highest BCUT2D eigenvalue weighted by Gasteiger charge is 2.54. The van der Waals surface area contributed by atoms with Crippen LogP contribution in [0.2, 0.25) is 0 Å². The van der Waals surface area contributed by atoms with Crippen molar-refractivity contribution in [1.29, 1.82) is 0 Å². The van der Waals surface area contributed by atoms with Crippen molar-refractivity contribution in [2.75, 3.05) is 77.5 Å². The van der Waals surface area contributed by atoms with Gasteiger partial charge in [-0.1, -0.05) is 18.6 Å². The number of benzene rings is 2. The summed E-state index contributed by atoms with van der Waals surface area (Å²) in [5.41, 5.74) is -1.39. The second kappa shape index (κ2) is 16.3. The third-order valence-corrected chi connectivity index (χ3v) is 16.0. The minimum absolute atomic E-state index is 0.171. The van der Waals surface area contributed by atoms with E-state index in [1.54, 1.807) is 30.3 Å². The largest absolute Gasteiger partial charge is 0.469 e. The molecule has 0 spiro atoms. The van der Waals surface area contributed by atoms with Gasteiger partial charge in [0.1, 0.15) is 11.4 Å². The molecule has 1 aliphatic carbocycles. The number of hydrogen-bond acceptors (Lipinski definition) is 9. The van der Waals surface area contributed by atoms with Crippen LogP contribution >= 0.6 is 0 Å². The molecule has 1 saturated carbocycles. The first-order chi connectivity index (χ1) is 26.6. The molecule has 3 atom stereocenters. The average molecular weight is 799 g/mol. The third-order valence-electron chi connectivity index (χ3n) is 13.8. The van der Waals surface area contributed by atoms with Crippen molar-refractivity contribution in [2.45, 2.75) is 98.5 Å². The van der Waals surface area contributed by atoms with Crippen LogP contribution in [0.3, 0.4) is 0 Å². The van der Waals surface area contributed by atoms with Crippen molar-refractivity contribution >= 4 is 27.4 Å². The first kappa shape index (κ1) is 41.0. The molecule has 1 amide bonds. The molecular formula is C43H60F2N4O6S. The summed E-state index contributed by atoms with van der Waals surface area (Å²) in [5, 5.41) is 9.46. The number of ether oxygens (including phenoxy) is 1. The van der Waals surface area contributed by atoms with E-state index < -0.39 is 32.3 Å². The minimum Gasteiger partial charge on any atom is -0.469 e. The number of hydrogen-bond donors (Lipinski definition) is 1. The van der Waals surface area contributed by atoms with E-state index in [0.717, 1.165) is 82.5 Å². The molecule has 4 saturated heterocycles. The number of piperidine rings is 2. The zero-order valence-corrected chi connectivity index (χ0v) is 34.1. The lowest BCUT2D eigenvalue weighted by atomic mass is 9.56. The maximum atomic E-state index is 16.3. The SMILES string of the molecule is COC(=O)C[C@H]1CCC[C@@H]1[C@](CN1CCC1)(c1cccc(F)c1)C1CCN(CC2(F)CN(c3ccc(S(=O)(=O)C4CCN(C(=O)C(C)(C)O)CC4)cc3)C2)CC1. The summed E-state index contributed by atoms with van der Waals surface area (Å²) in [6, 6.07) is 13.9. The summed E-state index contributed by atoms with van der Waals surface area (Å²) < 4.78 is 63.4. The van der Waals surface area contributed by atoms with Crippen molar-refractivity contribution in [3.63, 3.8) is 0 Å². The Kier molecular flexibility index (Phi) is 11.9. The molecule has 0 bridgehead atoms. The Morgan fingerprint density at radius 3 is 2.16 bits per heavy atom. The predicted molar refractivity (Wildman–Crippen MR) is 211 cm³/mol. The van der Waals surface area contributed by atoms with Crippen LogP contribution in [0.15, 0.2) is 53.4 Å². The molecule has 0 unspecified atom stereocenters. The lowest BCUT2D eigenvalue weighted by molar-refractivity contribution is -0.148. The van der Waals surface area contributed by atoms with E-state index in [1.165, 1.54) is 31.9 Å². The molecular weight excluding hydrogens is 739 g/mol. The van der Waals surface area contributed by atoms with E-state index >= 15 is 8.78 Å². The number of carbonyl (C=O) groups excluding carboxylic acids is 2. The van der Waals surface area contributed by atoms with E-state index in [9.17, 15) is 23.1 Å². The number of methoxy groups -OCH3 is 1. The molecule has 7 rings (SSSR count). The van der Waals surface area contributed by atoms with E-state index in [4.69, 9.17) is 4.74 Å². The van der Waals surface area contributed by atoms with E-state index in [-0.39, 0.29) is 66.0 Å². The molecule has 0 radical (unpaired) electrons. The van der Waals surface area contributed by atoms with Gasteiger partial charge in [0, 0.05) is 43.7 Å². The minimum atomic E-state index is -3.62. The van der Waals surface area contributed by atoms with Crippen LogP contribution in [0.1, 0.15) is 77.2 Å². The molecule has 5 aliphatic rings. The van der Waals surface area contributed by atoms with Crippen LogP contribution in [0.4, 0.5) is 14.5 Å². The van der Waals surface area contributed by atoms with Crippen LogP contribution in [0, 0.1) is 23.6 Å². The zero-order chi connectivity index (χ0) is 39.9. The first-order valence-corrected chi connectivity index (χ1v) is 22.2. The summed E-state index contributed by atoms with van der Waals surface area (Å²) in [4.78, 5) is 33.5. The maximum Gasteiger partial charge on any atom is 0.305 e. The van der Waals surface area contributed by atoms with E-state index in [2.05, 4.69) is 15.9 Å². The van der Waals surface area contributed by atoms with Crippen molar-refractivity contribution in [1.82, 2.24) is 14.7 Å². The molecule has 4 heterocycles. The standard InChI is InChI=1S/C43H60F2N4O6S/c1-41(2,52)40(51)48-23-17-37(18-24-48)56(53,54)36-13-11-35(12-14-36)49-28-42(45,29-49)27-47-21-15-32(16-22-47)43(30-46-19-6-20-46,33-8-5-9-34(44)26-33)38-10-4-7-31(38)25-39(50)55-3/h5,8-9,11-14,26,31-32,37-38,52H,4,6-7,10,15-25,27-30H2,1-3H3/t31-,38+,43+/m1/s1. The van der Waals surface area contributed by atoms with E-state index in [1.807, 2.05) is 11.0 Å². The fourth-order valence-electron chi connectivity index (χ4n) is 10.8. The zero-order valence-electron chi connectivity index (χ0n) is 33.3. The maximum absolute atomic E-state index is 16.3. The highest BCUT2D eigenvalue weighted by atomic mass is 32.2. The Labute approximate surface area is 331 Å². The van der Waals surface area contributed by atoms with Gasteiger partial charge in [0.25, 0.3) is 5.91 Å². The fourth-order valence-corrected chi connectivity index (χ4v) is 12.5. The Morgan fingerprint density at radius 2 is 1.57 bits per heavy atom. The molecule has 4 aliphatic heterocycles. The number of rotatable bonds is 13. The number of amides is 1. The van der Waals surface area contributed by atoms with Gasteiger partial charge in [-0.05, 0) is 145 Å². The molecule has 2 aromatic rings. The van der Waals surface area contributed by atoms with Gasteiger partial charge in [-0.3, -0.25) is 14.5 Å². The first-order valence-electron chi connectivity index (χ1n) is 20.7. The number of anilines is 1. The molecule has 13 heteroatoms. The smallest absolute Gasteiger partial charge is 0.305 e. The van der Waals surface area contributed by atoms with Crippen LogP contribution in [0.5, 0.6) is 0 Å². The monoisotopic (exact) mass is 798 g/mol. The number of alkyl halides is 1. The lowest BCUT2D eigenvalue weighted by Gasteiger charge is -2.54. The van der Waals surface area contributed by atoms with Crippen LogP contribution in [-0.2, 0) is 29.6 Å². The second-order valence-electron chi connectivity index (χ2n) is 17.9. The predicted octanol–water partition coefficient (Wildman–Crippen LogP) is 5.22. The summed E-state index contributed by atoms with van der Waals surface area (Å²) >= 11 is 0. The van der Waals surface area contributed by atoms with Crippen LogP contribution in [-0.4, -0.2) is 129 Å². The number of carbonyl (C=O) groups is 2. The van der Waals surface area contributed by atoms with Gasteiger partial charge in [0.2, 0.25) is 0 Å². The molecule has 10 nitrogen and oxygen atoms in total. The lowest BCUT2D eigenvalue weighted by Crippen LogP contribution is -2.64.